The lowest BCUT2D eigenvalue weighted by Gasteiger charge is -2.24. The smallest absolute Gasteiger partial charge is 0.314 e. The summed E-state index contributed by atoms with van der Waals surface area (Å²) >= 11 is 1.67. The molecule has 0 aromatic carbocycles. The Bertz CT molecular complexity index is 472. The second kappa shape index (κ2) is 8.78. The number of amides is 3. The molecule has 0 radical (unpaired) electrons. The van der Waals surface area contributed by atoms with Crippen LogP contribution < -0.4 is 16.0 Å². The number of hydrogen-bond acceptors (Lipinski definition) is 3. The van der Waals surface area contributed by atoms with E-state index >= 15 is 0 Å². The molecule has 1 fully saturated rings. The van der Waals surface area contributed by atoms with Gasteiger partial charge in [-0.25, -0.2) is 4.79 Å². The van der Waals surface area contributed by atoms with Gasteiger partial charge in [-0.2, -0.15) is 11.3 Å². The zero-order valence-corrected chi connectivity index (χ0v) is 13.9. The van der Waals surface area contributed by atoms with Crippen LogP contribution in [0.4, 0.5) is 4.79 Å². The summed E-state index contributed by atoms with van der Waals surface area (Å²) in [7, 11) is 0. The molecule has 6 heteroatoms. The molecule has 0 saturated heterocycles. The Morgan fingerprint density at radius 2 is 2.05 bits per heavy atom. The topological polar surface area (TPSA) is 70.2 Å². The number of carbonyl (C=O) groups excluding carboxylic acids is 2. The second-order valence-corrected chi connectivity index (χ2v) is 6.65. The summed E-state index contributed by atoms with van der Waals surface area (Å²) in [6, 6.07) is 1.94. The molecule has 3 amide bonds. The van der Waals surface area contributed by atoms with Gasteiger partial charge in [0, 0.05) is 25.6 Å². The number of rotatable bonds is 8. The molecule has 1 unspecified atom stereocenters. The van der Waals surface area contributed by atoms with E-state index in [1.807, 2.05) is 5.38 Å². The molecule has 1 saturated carbocycles. The van der Waals surface area contributed by atoms with Gasteiger partial charge in [0.25, 0.3) is 0 Å². The first-order valence-corrected chi connectivity index (χ1v) is 8.92. The zero-order chi connectivity index (χ0) is 15.8. The van der Waals surface area contributed by atoms with Crippen LogP contribution in [0.5, 0.6) is 0 Å². The number of urea groups is 1. The molecule has 3 N–H and O–H groups in total. The Kier molecular flexibility index (Phi) is 6.71. The molecule has 1 aromatic rings. The van der Waals surface area contributed by atoms with E-state index in [9.17, 15) is 9.59 Å². The van der Waals surface area contributed by atoms with E-state index in [1.54, 1.807) is 11.3 Å². The summed E-state index contributed by atoms with van der Waals surface area (Å²) in [5, 5.41) is 12.8. The highest BCUT2D eigenvalue weighted by Gasteiger charge is 2.24. The number of hydrogen-bond donors (Lipinski definition) is 3. The van der Waals surface area contributed by atoms with Crippen molar-refractivity contribution in [3.8, 4) is 0 Å². The zero-order valence-electron chi connectivity index (χ0n) is 13.1. The van der Waals surface area contributed by atoms with Gasteiger partial charge in [0.05, 0.1) is 0 Å². The van der Waals surface area contributed by atoms with E-state index in [-0.39, 0.29) is 17.9 Å². The first kappa shape index (κ1) is 16.8. The van der Waals surface area contributed by atoms with E-state index < -0.39 is 0 Å². The summed E-state index contributed by atoms with van der Waals surface area (Å²) in [4.78, 5) is 23.3. The average molecular weight is 323 g/mol. The maximum absolute atomic E-state index is 11.7. The molecule has 1 atom stereocenters. The fraction of sp³-hybridized carbons (Fsp3) is 0.625. The normalized spacial score (nSPS) is 15.7. The van der Waals surface area contributed by atoms with Gasteiger partial charge in [0.1, 0.15) is 0 Å². The van der Waals surface area contributed by atoms with Crippen molar-refractivity contribution >= 4 is 23.3 Å². The number of carbonyl (C=O) groups is 2. The summed E-state index contributed by atoms with van der Waals surface area (Å²) in [5.41, 5.74) is 1.25. The molecule has 0 aliphatic heterocycles. The number of thiophene rings is 1. The third-order valence-electron chi connectivity index (χ3n) is 4.10. The predicted molar refractivity (Wildman–Crippen MR) is 89.1 cm³/mol. The first-order chi connectivity index (χ1) is 10.7. The summed E-state index contributed by atoms with van der Waals surface area (Å²) < 4.78 is 0. The maximum atomic E-state index is 11.7. The third kappa shape index (κ3) is 5.33. The van der Waals surface area contributed by atoms with Crippen LogP contribution in [0.1, 0.15) is 44.1 Å². The first-order valence-electron chi connectivity index (χ1n) is 7.98. The molecule has 2 rings (SSSR count). The minimum Gasteiger partial charge on any atom is -0.356 e. The molecule has 5 nitrogen and oxygen atoms in total. The van der Waals surface area contributed by atoms with Gasteiger partial charge in [-0.15, -0.1) is 0 Å². The van der Waals surface area contributed by atoms with Crippen molar-refractivity contribution in [2.75, 3.05) is 19.6 Å². The minimum absolute atomic E-state index is 0.146. The molecular weight excluding hydrogens is 298 g/mol. The molecule has 1 heterocycles. The van der Waals surface area contributed by atoms with Gasteiger partial charge in [-0.3, -0.25) is 4.79 Å². The van der Waals surface area contributed by atoms with Gasteiger partial charge < -0.3 is 16.0 Å². The second-order valence-electron chi connectivity index (χ2n) is 5.87. The van der Waals surface area contributed by atoms with Crippen molar-refractivity contribution in [3.05, 3.63) is 22.4 Å². The Balaban J connectivity index is 1.48. The quantitative estimate of drug-likeness (QED) is 0.643. The van der Waals surface area contributed by atoms with Gasteiger partial charge in [-0.1, -0.05) is 13.3 Å². The Morgan fingerprint density at radius 1 is 1.27 bits per heavy atom. The number of nitrogens with one attached hydrogen (secondary N) is 3. The monoisotopic (exact) mass is 323 g/mol. The van der Waals surface area contributed by atoms with Crippen molar-refractivity contribution in [2.45, 2.75) is 38.5 Å². The molecular formula is C16H25N3O2S. The highest BCUT2D eigenvalue weighted by molar-refractivity contribution is 7.07. The van der Waals surface area contributed by atoms with E-state index in [2.05, 4.69) is 34.3 Å². The highest BCUT2D eigenvalue weighted by atomic mass is 32.1. The summed E-state index contributed by atoms with van der Waals surface area (Å²) in [6.45, 7) is 3.92. The van der Waals surface area contributed by atoms with Crippen molar-refractivity contribution in [2.24, 2.45) is 5.92 Å². The molecule has 0 bridgehead atoms. The van der Waals surface area contributed by atoms with Gasteiger partial charge in [0.2, 0.25) is 5.91 Å². The predicted octanol–water partition coefficient (Wildman–Crippen LogP) is 2.46. The molecule has 1 aliphatic rings. The van der Waals surface area contributed by atoms with Gasteiger partial charge in [0.15, 0.2) is 0 Å². The molecule has 0 spiro atoms. The van der Waals surface area contributed by atoms with E-state index in [4.69, 9.17) is 0 Å². The van der Waals surface area contributed by atoms with Crippen LogP contribution in [0.15, 0.2) is 16.8 Å². The van der Waals surface area contributed by atoms with Crippen LogP contribution in [0, 0.1) is 5.92 Å². The lowest BCUT2D eigenvalue weighted by atomic mass is 9.85. The van der Waals surface area contributed by atoms with Gasteiger partial charge >= 0.3 is 6.03 Å². The van der Waals surface area contributed by atoms with Crippen LogP contribution >= 0.6 is 11.3 Å². The van der Waals surface area contributed by atoms with Crippen LogP contribution in [0.2, 0.25) is 0 Å². The Labute approximate surface area is 135 Å². The maximum Gasteiger partial charge on any atom is 0.314 e. The Hall–Kier alpha value is -1.56. The van der Waals surface area contributed by atoms with Crippen LogP contribution in [0.25, 0.3) is 0 Å². The molecule has 1 aromatic heterocycles. The van der Waals surface area contributed by atoms with Crippen molar-refractivity contribution < 1.29 is 9.59 Å². The fourth-order valence-corrected chi connectivity index (χ4v) is 3.08. The van der Waals surface area contributed by atoms with Crippen LogP contribution in [0.3, 0.4) is 0 Å². The van der Waals surface area contributed by atoms with Crippen molar-refractivity contribution in [3.63, 3.8) is 0 Å². The van der Waals surface area contributed by atoms with Crippen LogP contribution in [-0.4, -0.2) is 31.6 Å². The van der Waals surface area contributed by atoms with Crippen LogP contribution in [-0.2, 0) is 4.79 Å². The van der Waals surface area contributed by atoms with E-state index in [1.165, 1.54) is 12.0 Å². The summed E-state index contributed by atoms with van der Waals surface area (Å²) in [5.74, 6) is 0.717. The molecule has 1 aliphatic carbocycles. The molecule has 122 valence electrons. The SMILES string of the molecule is CC(CNC(=O)NCCCNC(=O)C1CCC1)c1ccsc1. The van der Waals surface area contributed by atoms with Crippen molar-refractivity contribution in [1.82, 2.24) is 16.0 Å². The highest BCUT2D eigenvalue weighted by Crippen LogP contribution is 2.26. The average Bonchev–Trinajstić information content (AvgIpc) is 2.96. The van der Waals surface area contributed by atoms with E-state index in [0.29, 0.717) is 25.6 Å². The van der Waals surface area contributed by atoms with Crippen molar-refractivity contribution in [1.29, 1.82) is 0 Å². The van der Waals surface area contributed by atoms with E-state index in [0.717, 1.165) is 19.3 Å². The molecule has 22 heavy (non-hydrogen) atoms. The largest absolute Gasteiger partial charge is 0.356 e. The summed E-state index contributed by atoms with van der Waals surface area (Å²) in [6.07, 6.45) is 3.97. The lowest BCUT2D eigenvalue weighted by Crippen LogP contribution is -2.39. The van der Waals surface area contributed by atoms with Gasteiger partial charge in [-0.05, 0) is 47.6 Å². The fourth-order valence-electron chi connectivity index (χ4n) is 2.30. The standard InChI is InChI=1S/C16H25N3O2S/c1-12(14-6-9-22-11-14)10-19-16(21)18-8-3-7-17-15(20)13-4-2-5-13/h6,9,11-13H,2-5,7-8,10H2,1H3,(H,17,20)(H2,18,19,21). The third-order valence-corrected chi connectivity index (χ3v) is 4.80. The lowest BCUT2D eigenvalue weighted by molar-refractivity contribution is -0.127. The Morgan fingerprint density at radius 3 is 2.68 bits per heavy atom. The minimum atomic E-state index is -0.146.